The number of ether oxygens (including phenoxy) is 2. The third-order valence-electron chi connectivity index (χ3n) is 5.26. The fourth-order valence-corrected chi connectivity index (χ4v) is 3.52. The molecule has 4 heteroatoms. The number of aliphatic hydroxyl groups excluding tert-OH is 2. The normalized spacial score (nSPS) is 34.6. The molecule has 4 nitrogen and oxygen atoms in total. The summed E-state index contributed by atoms with van der Waals surface area (Å²) in [5.74, 6) is 0.0234. The molecule has 0 aromatic rings. The van der Waals surface area contributed by atoms with Crippen LogP contribution in [-0.2, 0) is 9.47 Å². The number of hydrogen-bond donors (Lipinski definition) is 2. The van der Waals surface area contributed by atoms with Crippen molar-refractivity contribution in [2.45, 2.75) is 51.1 Å². The van der Waals surface area contributed by atoms with Crippen molar-refractivity contribution in [2.24, 2.45) is 11.8 Å². The predicted molar refractivity (Wildman–Crippen MR) is 114 cm³/mol. The van der Waals surface area contributed by atoms with Crippen molar-refractivity contribution in [3.8, 4) is 0 Å². The summed E-state index contributed by atoms with van der Waals surface area (Å²) in [7, 11) is 0. The van der Waals surface area contributed by atoms with Gasteiger partial charge in [0.05, 0.1) is 31.5 Å². The van der Waals surface area contributed by atoms with E-state index in [2.05, 4.69) is 6.58 Å². The van der Waals surface area contributed by atoms with Crippen molar-refractivity contribution in [1.82, 2.24) is 0 Å². The van der Waals surface area contributed by atoms with Gasteiger partial charge in [-0.2, -0.15) is 0 Å². The first-order valence-electron chi connectivity index (χ1n) is 10.1. The van der Waals surface area contributed by atoms with Gasteiger partial charge in [0.15, 0.2) is 0 Å². The monoisotopic (exact) mass is 386 g/mol. The van der Waals surface area contributed by atoms with Crippen LogP contribution >= 0.6 is 0 Å². The summed E-state index contributed by atoms with van der Waals surface area (Å²) < 4.78 is 11.5. The minimum absolute atomic E-state index is 0.00628. The van der Waals surface area contributed by atoms with Crippen LogP contribution in [0.1, 0.15) is 26.7 Å². The van der Waals surface area contributed by atoms with Gasteiger partial charge in [-0.15, -0.1) is 0 Å². The molecule has 2 N–H and O–H groups in total. The van der Waals surface area contributed by atoms with E-state index in [1.54, 1.807) is 6.08 Å². The van der Waals surface area contributed by atoms with Crippen molar-refractivity contribution in [2.75, 3.05) is 13.2 Å². The van der Waals surface area contributed by atoms with Gasteiger partial charge in [-0.05, 0) is 32.3 Å². The minimum atomic E-state index is -0.564. The zero-order chi connectivity index (χ0) is 20.4. The molecule has 0 saturated carbocycles. The van der Waals surface area contributed by atoms with E-state index in [0.717, 1.165) is 12.0 Å². The van der Waals surface area contributed by atoms with Crippen LogP contribution in [0.5, 0.6) is 0 Å². The van der Waals surface area contributed by atoms with Crippen molar-refractivity contribution < 1.29 is 19.7 Å². The van der Waals surface area contributed by atoms with Crippen LogP contribution in [-0.4, -0.2) is 47.8 Å². The molecule has 154 valence electrons. The summed E-state index contributed by atoms with van der Waals surface area (Å²) in [5, 5.41) is 21.0. The SMILES string of the molecule is C=C/C(=C/[C@H]1OC[C@@H](/C=C/C=C/C)[C@@H]1O)CC[C@H]1OC[C@@H](/C=C/C=C/C)[C@@H]1O. The van der Waals surface area contributed by atoms with Crippen LogP contribution < -0.4 is 0 Å². The van der Waals surface area contributed by atoms with Crippen molar-refractivity contribution in [3.63, 3.8) is 0 Å². The highest BCUT2D eigenvalue weighted by atomic mass is 16.5. The highest BCUT2D eigenvalue weighted by Crippen LogP contribution is 2.28. The number of rotatable bonds is 9. The Morgan fingerprint density at radius 2 is 1.54 bits per heavy atom. The molecular weight excluding hydrogens is 352 g/mol. The first-order valence-corrected chi connectivity index (χ1v) is 10.1. The van der Waals surface area contributed by atoms with E-state index in [1.807, 2.05) is 68.5 Å². The Morgan fingerprint density at radius 3 is 2.14 bits per heavy atom. The van der Waals surface area contributed by atoms with E-state index < -0.39 is 12.2 Å². The molecule has 2 fully saturated rings. The summed E-state index contributed by atoms with van der Waals surface area (Å²) >= 11 is 0. The predicted octanol–water partition coefficient (Wildman–Crippen LogP) is 3.90. The lowest BCUT2D eigenvalue weighted by atomic mass is 9.95. The molecule has 0 bridgehead atoms. The Morgan fingerprint density at radius 1 is 0.929 bits per heavy atom. The molecule has 2 aliphatic heterocycles. The van der Waals surface area contributed by atoms with Crippen LogP contribution in [0, 0.1) is 11.8 Å². The quantitative estimate of drug-likeness (QED) is 0.590. The Kier molecular flexibility index (Phi) is 9.65. The topological polar surface area (TPSA) is 58.9 Å². The summed E-state index contributed by atoms with van der Waals surface area (Å²) in [6.07, 6.45) is 19.3. The van der Waals surface area contributed by atoms with Gasteiger partial charge in [0.1, 0.15) is 6.10 Å². The smallest absolute Gasteiger partial charge is 0.103 e. The molecule has 2 aliphatic rings. The Labute approximate surface area is 169 Å². The zero-order valence-electron chi connectivity index (χ0n) is 17.0. The number of hydrogen-bond acceptors (Lipinski definition) is 4. The molecule has 0 aromatic heterocycles. The van der Waals surface area contributed by atoms with Crippen LogP contribution in [0.25, 0.3) is 0 Å². The summed E-state index contributed by atoms with van der Waals surface area (Å²) in [4.78, 5) is 0. The summed E-state index contributed by atoms with van der Waals surface area (Å²) in [6.45, 7) is 8.85. The lowest BCUT2D eigenvalue weighted by Crippen LogP contribution is -2.26. The standard InChI is InChI=1S/C24H34O4/c1-4-7-9-11-19-16-27-21(23(19)25)14-13-18(6-3)15-22-24(26)20(17-28-22)12-10-8-5-2/h4-12,15,19-26H,3,13-14,16-17H2,1-2H3/b7-4+,8-5+,11-9+,12-10+,18-15-/t19-,20-,21-,22-,23+,24+/m1/s1. The molecule has 28 heavy (non-hydrogen) atoms. The minimum Gasteiger partial charge on any atom is -0.390 e. The number of aliphatic hydroxyl groups is 2. The van der Waals surface area contributed by atoms with Gasteiger partial charge in [-0.3, -0.25) is 0 Å². The molecular formula is C24H34O4. The Balaban J connectivity index is 1.88. The molecule has 0 aromatic carbocycles. The van der Waals surface area contributed by atoms with E-state index in [0.29, 0.717) is 19.6 Å². The second-order valence-corrected chi connectivity index (χ2v) is 7.28. The van der Waals surface area contributed by atoms with Gasteiger partial charge in [-0.1, -0.05) is 67.3 Å². The third kappa shape index (κ3) is 6.42. The molecule has 0 unspecified atom stereocenters. The van der Waals surface area contributed by atoms with Crippen LogP contribution in [0.4, 0.5) is 0 Å². The van der Waals surface area contributed by atoms with Crippen LogP contribution in [0.3, 0.4) is 0 Å². The van der Waals surface area contributed by atoms with Crippen LogP contribution in [0.2, 0.25) is 0 Å². The van der Waals surface area contributed by atoms with Gasteiger partial charge in [0.25, 0.3) is 0 Å². The molecule has 2 rings (SSSR count). The largest absolute Gasteiger partial charge is 0.390 e. The van der Waals surface area contributed by atoms with E-state index in [4.69, 9.17) is 9.47 Å². The highest BCUT2D eigenvalue weighted by molar-refractivity contribution is 5.21. The van der Waals surface area contributed by atoms with Crippen molar-refractivity contribution >= 4 is 0 Å². The lowest BCUT2D eigenvalue weighted by Gasteiger charge is -2.17. The molecule has 0 spiro atoms. The van der Waals surface area contributed by atoms with E-state index in [1.165, 1.54) is 0 Å². The van der Waals surface area contributed by atoms with Gasteiger partial charge < -0.3 is 19.7 Å². The van der Waals surface area contributed by atoms with Gasteiger partial charge >= 0.3 is 0 Å². The molecule has 6 atom stereocenters. The average molecular weight is 387 g/mol. The van der Waals surface area contributed by atoms with E-state index in [-0.39, 0.29) is 24.0 Å². The summed E-state index contributed by atoms with van der Waals surface area (Å²) in [5.41, 5.74) is 1.01. The van der Waals surface area contributed by atoms with Crippen molar-refractivity contribution in [1.29, 1.82) is 0 Å². The van der Waals surface area contributed by atoms with Crippen molar-refractivity contribution in [3.05, 3.63) is 72.9 Å². The van der Waals surface area contributed by atoms with E-state index >= 15 is 0 Å². The maximum atomic E-state index is 10.5. The highest BCUT2D eigenvalue weighted by Gasteiger charge is 2.35. The maximum absolute atomic E-state index is 10.5. The van der Waals surface area contributed by atoms with Gasteiger partial charge in [-0.25, -0.2) is 0 Å². The fraction of sp³-hybridized carbons (Fsp3) is 0.500. The first kappa shape index (κ1) is 22.6. The molecule has 0 radical (unpaired) electrons. The molecule has 2 heterocycles. The Bertz CT molecular complexity index is 629. The molecule has 0 amide bonds. The lowest BCUT2D eigenvalue weighted by molar-refractivity contribution is 0.0352. The Hall–Kier alpha value is -1.72. The maximum Gasteiger partial charge on any atom is 0.103 e. The second-order valence-electron chi connectivity index (χ2n) is 7.28. The summed E-state index contributed by atoms with van der Waals surface area (Å²) in [6, 6.07) is 0. The second kappa shape index (κ2) is 12.0. The van der Waals surface area contributed by atoms with Gasteiger partial charge in [0, 0.05) is 11.8 Å². The molecule has 0 aliphatic carbocycles. The zero-order valence-corrected chi connectivity index (χ0v) is 17.0. The molecule has 2 saturated heterocycles. The average Bonchev–Trinajstić information content (AvgIpc) is 3.22. The fourth-order valence-electron chi connectivity index (χ4n) is 3.52. The van der Waals surface area contributed by atoms with Gasteiger partial charge in [0.2, 0.25) is 0 Å². The number of allylic oxidation sites excluding steroid dienone is 8. The third-order valence-corrected chi connectivity index (χ3v) is 5.26. The first-order chi connectivity index (χ1) is 13.6. The van der Waals surface area contributed by atoms with E-state index in [9.17, 15) is 10.2 Å². The van der Waals surface area contributed by atoms with Crippen LogP contribution in [0.15, 0.2) is 72.9 Å².